The first-order chi connectivity index (χ1) is 6.68. The van der Waals surface area contributed by atoms with E-state index in [4.69, 9.17) is 11.6 Å². The molecule has 0 radical (unpaired) electrons. The lowest BCUT2D eigenvalue weighted by atomic mass is 10.1. The van der Waals surface area contributed by atoms with Gasteiger partial charge in [-0.3, -0.25) is 9.59 Å². The Bertz CT molecular complexity index is 351. The van der Waals surface area contributed by atoms with Crippen molar-refractivity contribution in [3.63, 3.8) is 0 Å². The van der Waals surface area contributed by atoms with Gasteiger partial charge in [0.05, 0.1) is 10.7 Å². The summed E-state index contributed by atoms with van der Waals surface area (Å²) < 4.78 is 0. The van der Waals surface area contributed by atoms with Crippen molar-refractivity contribution >= 4 is 23.2 Å². The Kier molecular flexibility index (Phi) is 2.42. The molecule has 0 spiro atoms. The number of hydrogen-bond donors (Lipinski definition) is 0. The normalized spacial score (nSPS) is 22.5. The number of allylic oxidation sites excluding steroid dienone is 3. The Morgan fingerprint density at radius 3 is 2.36 bits per heavy atom. The van der Waals surface area contributed by atoms with E-state index in [-0.39, 0.29) is 16.6 Å². The number of carbonyl (C=O) groups excluding carboxylic acids is 2. The van der Waals surface area contributed by atoms with Crippen LogP contribution in [0.15, 0.2) is 22.9 Å². The minimum atomic E-state index is -0.270. The predicted octanol–water partition coefficient (Wildman–Crippen LogP) is 1.24. The molecule has 0 aromatic carbocycles. The predicted molar refractivity (Wildman–Crippen MR) is 52.8 cm³/mol. The summed E-state index contributed by atoms with van der Waals surface area (Å²) in [7, 11) is 0. The van der Waals surface area contributed by atoms with E-state index in [0.29, 0.717) is 5.70 Å². The summed E-state index contributed by atoms with van der Waals surface area (Å²) in [5.74, 6) is -0.426. The van der Waals surface area contributed by atoms with Crippen LogP contribution in [0.5, 0.6) is 0 Å². The lowest BCUT2D eigenvalue weighted by Crippen LogP contribution is -2.26. The molecule has 3 nitrogen and oxygen atoms in total. The molecule has 1 fully saturated rings. The quantitative estimate of drug-likeness (QED) is 0.613. The number of halogens is 1. The van der Waals surface area contributed by atoms with Gasteiger partial charge in [0.15, 0.2) is 5.78 Å². The van der Waals surface area contributed by atoms with Gasteiger partial charge in [0, 0.05) is 25.2 Å². The van der Waals surface area contributed by atoms with Crippen LogP contribution in [0.4, 0.5) is 0 Å². The van der Waals surface area contributed by atoms with E-state index in [2.05, 4.69) is 0 Å². The molecule has 14 heavy (non-hydrogen) atoms. The zero-order chi connectivity index (χ0) is 10.1. The summed E-state index contributed by atoms with van der Waals surface area (Å²) in [5.41, 5.74) is 0.497. The molecule has 1 saturated heterocycles. The first kappa shape index (κ1) is 9.46. The average molecular weight is 212 g/mol. The maximum absolute atomic E-state index is 11.5. The molecule has 0 aromatic rings. The van der Waals surface area contributed by atoms with Crippen molar-refractivity contribution in [3.05, 3.63) is 22.9 Å². The summed E-state index contributed by atoms with van der Waals surface area (Å²) in [4.78, 5) is 24.7. The molecule has 2 rings (SSSR count). The lowest BCUT2D eigenvalue weighted by molar-refractivity contribution is -0.115. The van der Waals surface area contributed by atoms with E-state index in [0.717, 1.165) is 25.9 Å². The molecule has 0 aromatic heterocycles. The monoisotopic (exact) mass is 211 g/mol. The molecular weight excluding hydrogens is 202 g/mol. The van der Waals surface area contributed by atoms with Gasteiger partial charge < -0.3 is 4.90 Å². The lowest BCUT2D eigenvalue weighted by Gasteiger charge is -2.20. The number of nitrogens with zero attached hydrogens (tertiary/aromatic N) is 1. The van der Waals surface area contributed by atoms with Crippen LogP contribution in [0.25, 0.3) is 0 Å². The number of likely N-dealkylation sites (tertiary alicyclic amines) is 1. The number of rotatable bonds is 1. The second-order valence-electron chi connectivity index (χ2n) is 3.44. The minimum absolute atomic E-state index is 0.0120. The van der Waals surface area contributed by atoms with Gasteiger partial charge >= 0.3 is 0 Å². The number of carbonyl (C=O) groups is 2. The van der Waals surface area contributed by atoms with Crippen molar-refractivity contribution in [2.75, 3.05) is 13.1 Å². The van der Waals surface area contributed by atoms with E-state index in [1.807, 2.05) is 4.90 Å². The van der Waals surface area contributed by atoms with Crippen molar-refractivity contribution in [2.45, 2.75) is 12.8 Å². The van der Waals surface area contributed by atoms with Crippen LogP contribution in [0, 0.1) is 0 Å². The SMILES string of the molecule is O=C1C=C(N2CCCC2)C(=O)C=C1Cl. The molecule has 0 amide bonds. The van der Waals surface area contributed by atoms with E-state index in [9.17, 15) is 9.59 Å². The van der Waals surface area contributed by atoms with Crippen LogP contribution in [0.3, 0.4) is 0 Å². The average Bonchev–Trinajstić information content (AvgIpc) is 2.64. The van der Waals surface area contributed by atoms with Crippen molar-refractivity contribution in [2.24, 2.45) is 0 Å². The van der Waals surface area contributed by atoms with Crippen molar-refractivity contribution in [3.8, 4) is 0 Å². The maximum atomic E-state index is 11.5. The highest BCUT2D eigenvalue weighted by molar-refractivity contribution is 6.47. The van der Waals surface area contributed by atoms with E-state index >= 15 is 0 Å². The topological polar surface area (TPSA) is 37.4 Å². The summed E-state index contributed by atoms with van der Waals surface area (Å²) in [5, 5.41) is 0.0120. The molecular formula is C10H10ClNO2. The maximum Gasteiger partial charge on any atom is 0.203 e. The van der Waals surface area contributed by atoms with E-state index < -0.39 is 0 Å². The van der Waals surface area contributed by atoms with Gasteiger partial charge in [-0.15, -0.1) is 0 Å². The molecule has 0 bridgehead atoms. The molecule has 0 unspecified atom stereocenters. The summed E-state index contributed by atoms with van der Waals surface area (Å²) in [6, 6.07) is 0. The molecule has 0 atom stereocenters. The standard InChI is InChI=1S/C10H10ClNO2/c11-7-5-10(14)8(6-9(7)13)12-3-1-2-4-12/h5-6H,1-4H2. The molecule has 1 aliphatic carbocycles. The first-order valence-electron chi connectivity index (χ1n) is 4.61. The number of ketones is 2. The Morgan fingerprint density at radius 2 is 1.71 bits per heavy atom. The zero-order valence-corrected chi connectivity index (χ0v) is 8.38. The summed E-state index contributed by atoms with van der Waals surface area (Å²) in [6.45, 7) is 1.71. The van der Waals surface area contributed by atoms with E-state index in [1.54, 1.807) is 0 Å². The highest BCUT2D eigenvalue weighted by Crippen LogP contribution is 2.21. The van der Waals surface area contributed by atoms with Crippen LogP contribution in [-0.4, -0.2) is 29.6 Å². The van der Waals surface area contributed by atoms with E-state index in [1.165, 1.54) is 12.2 Å². The van der Waals surface area contributed by atoms with Crippen molar-refractivity contribution < 1.29 is 9.59 Å². The molecule has 2 aliphatic rings. The fourth-order valence-electron chi connectivity index (χ4n) is 1.73. The van der Waals surface area contributed by atoms with Crippen LogP contribution in [0.1, 0.15) is 12.8 Å². The first-order valence-corrected chi connectivity index (χ1v) is 4.99. The summed E-state index contributed by atoms with van der Waals surface area (Å²) in [6.07, 6.45) is 4.71. The number of hydrogen-bond acceptors (Lipinski definition) is 3. The van der Waals surface area contributed by atoms with Gasteiger partial charge in [0.1, 0.15) is 0 Å². The van der Waals surface area contributed by atoms with Gasteiger partial charge in [-0.2, -0.15) is 0 Å². The van der Waals surface area contributed by atoms with Gasteiger partial charge in [-0.1, -0.05) is 11.6 Å². The molecule has 0 saturated carbocycles. The Hall–Kier alpha value is -1.09. The zero-order valence-electron chi connectivity index (χ0n) is 7.62. The summed E-state index contributed by atoms with van der Waals surface area (Å²) >= 11 is 5.56. The van der Waals surface area contributed by atoms with Crippen LogP contribution in [-0.2, 0) is 9.59 Å². The molecule has 1 aliphatic heterocycles. The van der Waals surface area contributed by atoms with Crippen LogP contribution in [0.2, 0.25) is 0 Å². The highest BCUT2D eigenvalue weighted by atomic mass is 35.5. The molecule has 4 heteroatoms. The van der Waals surface area contributed by atoms with Gasteiger partial charge in [0.25, 0.3) is 0 Å². The molecule has 0 N–H and O–H groups in total. The van der Waals surface area contributed by atoms with Crippen LogP contribution < -0.4 is 0 Å². The van der Waals surface area contributed by atoms with Gasteiger partial charge in [-0.25, -0.2) is 0 Å². The second-order valence-corrected chi connectivity index (χ2v) is 3.85. The molecule has 74 valence electrons. The third-order valence-corrected chi connectivity index (χ3v) is 2.76. The van der Waals surface area contributed by atoms with Crippen molar-refractivity contribution in [1.82, 2.24) is 4.90 Å². The second kappa shape index (κ2) is 3.58. The Balaban J connectivity index is 2.23. The minimum Gasteiger partial charge on any atom is -0.368 e. The third-order valence-electron chi connectivity index (χ3n) is 2.46. The van der Waals surface area contributed by atoms with Crippen molar-refractivity contribution in [1.29, 1.82) is 0 Å². The smallest absolute Gasteiger partial charge is 0.203 e. The fourth-order valence-corrected chi connectivity index (χ4v) is 1.88. The highest BCUT2D eigenvalue weighted by Gasteiger charge is 2.25. The largest absolute Gasteiger partial charge is 0.368 e. The molecule has 1 heterocycles. The Morgan fingerprint density at radius 1 is 1.07 bits per heavy atom. The van der Waals surface area contributed by atoms with Crippen LogP contribution >= 0.6 is 11.6 Å². The fraction of sp³-hybridized carbons (Fsp3) is 0.400. The Labute approximate surface area is 87.0 Å². The third kappa shape index (κ3) is 1.60. The van der Waals surface area contributed by atoms with Gasteiger partial charge in [-0.05, 0) is 12.8 Å². The van der Waals surface area contributed by atoms with Gasteiger partial charge in [0.2, 0.25) is 5.78 Å².